The Bertz CT molecular complexity index is 1150. The summed E-state index contributed by atoms with van der Waals surface area (Å²) in [7, 11) is 0. The van der Waals surface area contributed by atoms with Crippen LogP contribution in [0.4, 0.5) is 0 Å². The molecule has 0 unspecified atom stereocenters. The molecular weight excluding hydrogens is 342 g/mol. The first-order valence-corrected chi connectivity index (χ1v) is 8.54. The fourth-order valence-corrected chi connectivity index (χ4v) is 3.61. The number of halogens is 1. The molecule has 0 bridgehead atoms. The highest BCUT2D eigenvalue weighted by Crippen LogP contribution is 2.21. The Morgan fingerprint density at radius 3 is 2.58 bits per heavy atom. The van der Waals surface area contributed by atoms with E-state index in [2.05, 4.69) is 10.2 Å². The lowest BCUT2D eigenvalue weighted by Gasteiger charge is -2.00. The van der Waals surface area contributed by atoms with Crippen LogP contribution < -0.4 is 10.1 Å². The zero-order valence-electron chi connectivity index (χ0n) is 12.7. The van der Waals surface area contributed by atoms with Gasteiger partial charge < -0.3 is 0 Å². The molecule has 0 saturated carbocycles. The number of aromatic nitrogens is 3. The van der Waals surface area contributed by atoms with Crippen molar-refractivity contribution < 1.29 is 0 Å². The number of hydrogen-bond acceptors (Lipinski definition) is 4. The van der Waals surface area contributed by atoms with E-state index in [-0.39, 0.29) is 5.56 Å². The standard InChI is InChI=1S/C18H12ClN3OS/c1-11-4-2-3-5-14(11)16-20-21-18-22(16)17(23)15(24-18)10-12-6-8-13(19)9-7-12/h2-10H,1H3. The number of benzene rings is 2. The van der Waals surface area contributed by atoms with Crippen LogP contribution in [0, 0.1) is 6.92 Å². The van der Waals surface area contributed by atoms with Gasteiger partial charge in [0.1, 0.15) is 0 Å². The van der Waals surface area contributed by atoms with E-state index in [1.165, 1.54) is 11.3 Å². The van der Waals surface area contributed by atoms with E-state index in [0.717, 1.165) is 16.7 Å². The van der Waals surface area contributed by atoms with Crippen molar-refractivity contribution in [2.45, 2.75) is 6.92 Å². The highest BCUT2D eigenvalue weighted by Gasteiger charge is 2.15. The van der Waals surface area contributed by atoms with E-state index in [1.807, 2.05) is 49.4 Å². The molecule has 24 heavy (non-hydrogen) atoms. The zero-order chi connectivity index (χ0) is 16.7. The maximum absolute atomic E-state index is 12.8. The van der Waals surface area contributed by atoms with E-state index in [0.29, 0.717) is 20.3 Å². The van der Waals surface area contributed by atoms with Crippen molar-refractivity contribution in [1.29, 1.82) is 0 Å². The molecule has 0 fully saturated rings. The number of hydrogen-bond donors (Lipinski definition) is 0. The van der Waals surface area contributed by atoms with Crippen molar-refractivity contribution in [2.75, 3.05) is 0 Å². The maximum Gasteiger partial charge on any atom is 0.276 e. The first-order chi connectivity index (χ1) is 11.6. The van der Waals surface area contributed by atoms with E-state index in [4.69, 9.17) is 11.6 Å². The second-order valence-corrected chi connectivity index (χ2v) is 6.87. The quantitative estimate of drug-likeness (QED) is 0.555. The minimum absolute atomic E-state index is 0.104. The van der Waals surface area contributed by atoms with Crippen LogP contribution in [0.3, 0.4) is 0 Å². The first kappa shape index (κ1) is 15.1. The van der Waals surface area contributed by atoms with Crippen molar-refractivity contribution >= 4 is 34.0 Å². The molecule has 0 radical (unpaired) electrons. The number of nitrogens with zero attached hydrogens (tertiary/aromatic N) is 3. The van der Waals surface area contributed by atoms with Crippen LogP contribution >= 0.6 is 22.9 Å². The molecule has 0 aliphatic heterocycles. The molecule has 0 atom stereocenters. The summed E-state index contributed by atoms with van der Waals surface area (Å²) in [5.41, 5.74) is 2.79. The Kier molecular flexibility index (Phi) is 3.67. The molecule has 2 aromatic carbocycles. The predicted molar refractivity (Wildman–Crippen MR) is 97.5 cm³/mol. The zero-order valence-corrected chi connectivity index (χ0v) is 14.3. The summed E-state index contributed by atoms with van der Waals surface area (Å²) in [6.07, 6.45) is 1.85. The Morgan fingerprint density at radius 1 is 1.08 bits per heavy atom. The second-order valence-electron chi connectivity index (χ2n) is 5.42. The van der Waals surface area contributed by atoms with E-state index in [1.54, 1.807) is 16.5 Å². The SMILES string of the molecule is Cc1ccccc1-c1nnc2sc(=Cc3ccc(Cl)cc3)c(=O)n12. The molecular formula is C18H12ClN3OS. The number of fused-ring (bicyclic) bond motifs is 1. The smallest absolute Gasteiger partial charge is 0.267 e. The van der Waals surface area contributed by atoms with Crippen molar-refractivity contribution in [3.63, 3.8) is 0 Å². The molecule has 2 heterocycles. The predicted octanol–water partition coefficient (Wildman–Crippen LogP) is 3.33. The van der Waals surface area contributed by atoms with Crippen molar-refractivity contribution in [1.82, 2.24) is 14.6 Å². The molecule has 0 spiro atoms. The van der Waals surface area contributed by atoms with Crippen LogP contribution in [0.2, 0.25) is 5.02 Å². The van der Waals surface area contributed by atoms with Crippen molar-refractivity contribution in [2.24, 2.45) is 0 Å². The Morgan fingerprint density at radius 2 is 1.83 bits per heavy atom. The molecule has 4 nitrogen and oxygen atoms in total. The van der Waals surface area contributed by atoms with Crippen LogP contribution in [0.5, 0.6) is 0 Å². The summed E-state index contributed by atoms with van der Waals surface area (Å²) in [6, 6.07) is 15.2. The molecule has 4 rings (SSSR count). The highest BCUT2D eigenvalue weighted by atomic mass is 35.5. The normalized spacial score (nSPS) is 12.2. The second kappa shape index (κ2) is 5.85. The molecule has 0 amide bonds. The molecule has 118 valence electrons. The van der Waals surface area contributed by atoms with Gasteiger partial charge in [-0.05, 0) is 36.3 Å². The lowest BCUT2D eigenvalue weighted by atomic mass is 10.1. The summed E-state index contributed by atoms with van der Waals surface area (Å²) >= 11 is 7.23. The molecule has 4 aromatic rings. The van der Waals surface area contributed by atoms with E-state index >= 15 is 0 Å². The van der Waals surface area contributed by atoms with Gasteiger partial charge >= 0.3 is 0 Å². The lowest BCUT2D eigenvalue weighted by Crippen LogP contribution is -2.23. The topological polar surface area (TPSA) is 47.3 Å². The van der Waals surface area contributed by atoms with Crippen LogP contribution in [0.15, 0.2) is 53.3 Å². The summed E-state index contributed by atoms with van der Waals surface area (Å²) < 4.78 is 2.20. The van der Waals surface area contributed by atoms with Crippen molar-refractivity contribution in [3.05, 3.63) is 79.6 Å². The first-order valence-electron chi connectivity index (χ1n) is 7.35. The summed E-state index contributed by atoms with van der Waals surface area (Å²) in [4.78, 5) is 13.4. The molecule has 0 N–H and O–H groups in total. The summed E-state index contributed by atoms with van der Waals surface area (Å²) in [5, 5.41) is 9.03. The van der Waals surface area contributed by atoms with E-state index < -0.39 is 0 Å². The van der Waals surface area contributed by atoms with Gasteiger partial charge in [-0.1, -0.05) is 59.3 Å². The van der Waals surface area contributed by atoms with Crippen LogP contribution in [0.1, 0.15) is 11.1 Å². The molecule has 2 aromatic heterocycles. The highest BCUT2D eigenvalue weighted by molar-refractivity contribution is 7.15. The van der Waals surface area contributed by atoms with Crippen molar-refractivity contribution in [3.8, 4) is 11.4 Å². The average molecular weight is 354 g/mol. The third-order valence-corrected chi connectivity index (χ3v) is 5.01. The Balaban J connectivity index is 1.93. The molecule has 0 aliphatic carbocycles. The van der Waals surface area contributed by atoms with Gasteiger partial charge in [0.15, 0.2) is 5.82 Å². The number of aryl methyl sites for hydroxylation is 1. The van der Waals surface area contributed by atoms with Gasteiger partial charge in [0.05, 0.1) is 4.53 Å². The summed E-state index contributed by atoms with van der Waals surface area (Å²) in [6.45, 7) is 1.99. The van der Waals surface area contributed by atoms with Gasteiger partial charge in [0.25, 0.3) is 5.56 Å². The van der Waals surface area contributed by atoms with Gasteiger partial charge in [0, 0.05) is 10.6 Å². The lowest BCUT2D eigenvalue weighted by molar-refractivity contribution is 1.09. The minimum atomic E-state index is -0.104. The number of thiazole rings is 1. The van der Waals surface area contributed by atoms with Gasteiger partial charge in [-0.25, -0.2) is 4.40 Å². The third kappa shape index (κ3) is 2.52. The van der Waals surface area contributed by atoms with Gasteiger partial charge in [-0.2, -0.15) is 0 Å². The van der Waals surface area contributed by atoms with Gasteiger partial charge in [-0.3, -0.25) is 4.79 Å². The fourth-order valence-electron chi connectivity index (χ4n) is 2.57. The minimum Gasteiger partial charge on any atom is -0.267 e. The monoisotopic (exact) mass is 353 g/mol. The molecule has 6 heteroatoms. The molecule has 0 aliphatic rings. The van der Waals surface area contributed by atoms with Crippen LogP contribution in [-0.4, -0.2) is 14.6 Å². The fraction of sp³-hybridized carbons (Fsp3) is 0.0556. The molecule has 0 saturated heterocycles. The van der Waals surface area contributed by atoms with Gasteiger partial charge in [0.2, 0.25) is 4.96 Å². The maximum atomic E-state index is 12.8. The van der Waals surface area contributed by atoms with Gasteiger partial charge in [-0.15, -0.1) is 10.2 Å². The Hall–Kier alpha value is -2.50. The largest absolute Gasteiger partial charge is 0.276 e. The number of rotatable bonds is 2. The van der Waals surface area contributed by atoms with Crippen LogP contribution in [0.25, 0.3) is 22.4 Å². The van der Waals surface area contributed by atoms with Crippen LogP contribution in [-0.2, 0) is 0 Å². The Labute approximate surface area is 146 Å². The average Bonchev–Trinajstić information content (AvgIpc) is 3.11. The van der Waals surface area contributed by atoms with E-state index in [9.17, 15) is 4.79 Å². The summed E-state index contributed by atoms with van der Waals surface area (Å²) in [5.74, 6) is 0.583. The third-order valence-electron chi connectivity index (χ3n) is 3.80.